The molecule has 0 aromatic rings. The van der Waals surface area contributed by atoms with Crippen molar-refractivity contribution in [2.45, 2.75) is 55.4 Å². The monoisotopic (exact) mass is 257 g/mol. The van der Waals surface area contributed by atoms with Gasteiger partial charge in [0.15, 0.2) is 9.84 Å². The smallest absolute Gasteiger partial charge is 0.159 e. The van der Waals surface area contributed by atoms with Crippen LogP contribution in [-0.4, -0.2) is 25.0 Å². The van der Waals surface area contributed by atoms with Crippen LogP contribution in [0.4, 0.5) is 0 Å². The van der Waals surface area contributed by atoms with Crippen LogP contribution >= 0.6 is 0 Å². The molecule has 17 heavy (non-hydrogen) atoms. The summed E-state index contributed by atoms with van der Waals surface area (Å²) in [5.41, 5.74) is 5.60. The zero-order chi connectivity index (χ0) is 12.3. The van der Waals surface area contributed by atoms with Crippen molar-refractivity contribution in [2.24, 2.45) is 23.5 Å². The molecule has 1 atom stereocenters. The van der Waals surface area contributed by atoms with E-state index in [0.29, 0.717) is 17.8 Å². The Labute approximate surface area is 104 Å². The fraction of sp³-hybridized carbons (Fsp3) is 1.00. The number of rotatable bonds is 3. The molecule has 0 spiro atoms. The summed E-state index contributed by atoms with van der Waals surface area (Å²) < 4.78 is 25.1. The minimum atomic E-state index is -3.03. The van der Waals surface area contributed by atoms with Gasteiger partial charge >= 0.3 is 0 Å². The lowest BCUT2D eigenvalue weighted by atomic mass is 9.56. The lowest BCUT2D eigenvalue weighted by Crippen LogP contribution is -2.57. The number of hydrogen-bond acceptors (Lipinski definition) is 3. The molecule has 4 bridgehead atoms. The number of hydrogen-bond donors (Lipinski definition) is 1. The predicted octanol–water partition coefficient (Wildman–Crippen LogP) is 1.72. The largest absolute Gasteiger partial charge is 0.329 e. The molecule has 3 nitrogen and oxygen atoms in total. The quantitative estimate of drug-likeness (QED) is 0.837. The Morgan fingerprint density at radius 3 is 1.88 bits per heavy atom. The second-order valence-corrected chi connectivity index (χ2v) is 9.45. The van der Waals surface area contributed by atoms with Crippen molar-refractivity contribution in [3.05, 3.63) is 0 Å². The molecule has 4 rings (SSSR count). The normalized spacial score (nSPS) is 46.1. The fourth-order valence-corrected chi connectivity index (χ4v) is 7.44. The summed E-state index contributed by atoms with van der Waals surface area (Å²) >= 11 is 0. The molecular formula is C13H23NO2S. The maximum Gasteiger partial charge on any atom is 0.159 e. The minimum absolute atomic E-state index is 0.268. The van der Waals surface area contributed by atoms with E-state index in [1.807, 2.05) is 0 Å². The standard InChI is InChI=1S/C13H23NO2S/c1-9(8-14)17(15,16)13-5-10-2-11(6-13)4-12(3-10)7-13/h9-12H,2-8,14H2,1H3. The Kier molecular flexibility index (Phi) is 2.61. The predicted molar refractivity (Wildman–Crippen MR) is 68.3 cm³/mol. The van der Waals surface area contributed by atoms with Crippen molar-refractivity contribution >= 4 is 9.84 Å². The molecule has 0 radical (unpaired) electrons. The van der Waals surface area contributed by atoms with Gasteiger partial charge < -0.3 is 5.73 Å². The zero-order valence-electron chi connectivity index (χ0n) is 10.6. The number of sulfone groups is 1. The molecule has 2 N–H and O–H groups in total. The maximum atomic E-state index is 12.7. The Morgan fingerprint density at radius 1 is 1.12 bits per heavy atom. The molecule has 0 amide bonds. The Hall–Kier alpha value is -0.0900. The van der Waals surface area contributed by atoms with Gasteiger partial charge in [0.1, 0.15) is 0 Å². The summed E-state index contributed by atoms with van der Waals surface area (Å²) in [6, 6.07) is 0. The van der Waals surface area contributed by atoms with Crippen molar-refractivity contribution < 1.29 is 8.42 Å². The van der Waals surface area contributed by atoms with Gasteiger partial charge in [0.05, 0.1) is 10.00 Å². The van der Waals surface area contributed by atoms with Gasteiger partial charge in [-0.15, -0.1) is 0 Å². The van der Waals surface area contributed by atoms with E-state index in [0.717, 1.165) is 19.3 Å². The second-order valence-electron chi connectivity index (χ2n) is 6.69. The molecule has 4 heteroatoms. The van der Waals surface area contributed by atoms with Crippen LogP contribution in [0.5, 0.6) is 0 Å². The zero-order valence-corrected chi connectivity index (χ0v) is 11.4. The molecular weight excluding hydrogens is 234 g/mol. The summed E-state index contributed by atoms with van der Waals surface area (Å²) in [6.45, 7) is 2.05. The molecule has 0 aliphatic heterocycles. The first-order valence-electron chi connectivity index (χ1n) is 6.90. The molecule has 0 aromatic carbocycles. The van der Waals surface area contributed by atoms with Gasteiger partial charge in [-0.1, -0.05) is 0 Å². The molecule has 0 aromatic heterocycles. The lowest BCUT2D eigenvalue weighted by molar-refractivity contribution is 0.0335. The molecule has 0 saturated heterocycles. The average Bonchev–Trinajstić information content (AvgIpc) is 2.25. The van der Waals surface area contributed by atoms with Crippen molar-refractivity contribution in [1.29, 1.82) is 0 Å². The SMILES string of the molecule is CC(CN)S(=O)(=O)C12CC3CC(CC(C3)C1)C2. The summed E-state index contributed by atoms with van der Waals surface area (Å²) in [6.07, 6.45) is 6.62. The van der Waals surface area contributed by atoms with Crippen molar-refractivity contribution in [1.82, 2.24) is 0 Å². The molecule has 0 heterocycles. The van der Waals surface area contributed by atoms with E-state index in [1.54, 1.807) is 6.92 Å². The highest BCUT2D eigenvalue weighted by Gasteiger charge is 2.58. The minimum Gasteiger partial charge on any atom is -0.329 e. The van der Waals surface area contributed by atoms with Crippen molar-refractivity contribution in [3.63, 3.8) is 0 Å². The average molecular weight is 257 g/mol. The second kappa shape index (κ2) is 3.70. The summed E-state index contributed by atoms with van der Waals surface area (Å²) in [5, 5.41) is -0.362. The summed E-state index contributed by atoms with van der Waals surface area (Å²) in [5.74, 6) is 2.04. The molecule has 4 fully saturated rings. The lowest BCUT2D eigenvalue weighted by Gasteiger charge is -2.56. The van der Waals surface area contributed by atoms with Crippen LogP contribution in [0.2, 0.25) is 0 Å². The van der Waals surface area contributed by atoms with Crippen LogP contribution in [0.1, 0.15) is 45.4 Å². The maximum absolute atomic E-state index is 12.7. The third-order valence-electron chi connectivity index (χ3n) is 5.45. The van der Waals surface area contributed by atoms with Crippen LogP contribution in [0.15, 0.2) is 0 Å². The van der Waals surface area contributed by atoms with Crippen molar-refractivity contribution in [2.75, 3.05) is 6.54 Å². The van der Waals surface area contributed by atoms with Gasteiger partial charge in [-0.2, -0.15) is 0 Å². The van der Waals surface area contributed by atoms with Crippen LogP contribution < -0.4 is 5.73 Å². The van der Waals surface area contributed by atoms with Crippen LogP contribution in [0.3, 0.4) is 0 Å². The van der Waals surface area contributed by atoms with E-state index in [2.05, 4.69) is 0 Å². The third-order valence-corrected chi connectivity index (χ3v) is 8.41. The first kappa shape index (κ1) is 12.0. The Morgan fingerprint density at radius 2 is 1.53 bits per heavy atom. The van der Waals surface area contributed by atoms with Crippen LogP contribution in [-0.2, 0) is 9.84 Å². The van der Waals surface area contributed by atoms with Gasteiger partial charge in [-0.05, 0) is 63.2 Å². The van der Waals surface area contributed by atoms with Gasteiger partial charge in [-0.3, -0.25) is 0 Å². The summed E-state index contributed by atoms with van der Waals surface area (Å²) in [7, 11) is -3.03. The fourth-order valence-electron chi connectivity index (χ4n) is 4.93. The third kappa shape index (κ3) is 1.60. The van der Waals surface area contributed by atoms with Crippen LogP contribution in [0, 0.1) is 17.8 Å². The van der Waals surface area contributed by atoms with E-state index in [4.69, 9.17) is 5.73 Å². The van der Waals surface area contributed by atoms with Gasteiger partial charge in [-0.25, -0.2) is 8.42 Å². The summed E-state index contributed by atoms with van der Waals surface area (Å²) in [4.78, 5) is 0. The van der Waals surface area contributed by atoms with Crippen molar-refractivity contribution in [3.8, 4) is 0 Å². The highest BCUT2D eigenvalue weighted by Crippen LogP contribution is 2.59. The Bertz CT molecular complexity index is 380. The molecule has 4 saturated carbocycles. The first-order chi connectivity index (χ1) is 7.97. The molecule has 98 valence electrons. The van der Waals surface area contributed by atoms with Crippen LogP contribution in [0.25, 0.3) is 0 Å². The van der Waals surface area contributed by atoms with E-state index in [1.165, 1.54) is 19.3 Å². The molecule has 1 unspecified atom stereocenters. The van der Waals surface area contributed by atoms with Gasteiger partial charge in [0.2, 0.25) is 0 Å². The number of nitrogens with two attached hydrogens (primary N) is 1. The molecule has 4 aliphatic rings. The highest BCUT2D eigenvalue weighted by molar-refractivity contribution is 7.93. The van der Waals surface area contributed by atoms with E-state index < -0.39 is 9.84 Å². The topological polar surface area (TPSA) is 60.2 Å². The van der Waals surface area contributed by atoms with E-state index in [9.17, 15) is 8.42 Å². The first-order valence-corrected chi connectivity index (χ1v) is 8.45. The Balaban J connectivity index is 1.97. The van der Waals surface area contributed by atoms with E-state index >= 15 is 0 Å². The molecule has 4 aliphatic carbocycles. The van der Waals surface area contributed by atoms with Gasteiger partial charge in [0.25, 0.3) is 0 Å². The highest BCUT2D eigenvalue weighted by atomic mass is 32.2. The van der Waals surface area contributed by atoms with Gasteiger partial charge in [0, 0.05) is 6.54 Å². The van der Waals surface area contributed by atoms with E-state index in [-0.39, 0.29) is 16.5 Å².